The third-order valence-corrected chi connectivity index (χ3v) is 4.40. The predicted octanol–water partition coefficient (Wildman–Crippen LogP) is 3.79. The highest BCUT2D eigenvalue weighted by Gasteiger charge is 2.16. The van der Waals surface area contributed by atoms with Crippen LogP contribution < -0.4 is 10.1 Å². The van der Waals surface area contributed by atoms with Crippen molar-refractivity contribution >= 4 is 28.4 Å². The van der Waals surface area contributed by atoms with Gasteiger partial charge < -0.3 is 14.5 Å². The topological polar surface area (TPSA) is 89.6 Å². The normalized spacial score (nSPS) is 16.1. The Labute approximate surface area is 161 Å². The van der Waals surface area contributed by atoms with Crippen molar-refractivity contribution in [1.82, 2.24) is 9.97 Å². The zero-order valence-corrected chi connectivity index (χ0v) is 15.5. The number of aromatic nitrogens is 2. The van der Waals surface area contributed by atoms with Gasteiger partial charge in [-0.15, -0.1) is 0 Å². The molecule has 1 amide bonds. The van der Waals surface area contributed by atoms with E-state index in [1.54, 1.807) is 30.5 Å². The summed E-state index contributed by atoms with van der Waals surface area (Å²) in [7, 11) is 1.52. The van der Waals surface area contributed by atoms with E-state index in [4.69, 9.17) is 9.15 Å². The van der Waals surface area contributed by atoms with Crippen LogP contribution in [-0.2, 0) is 0 Å². The largest absolute Gasteiger partial charge is 0.495 e. The van der Waals surface area contributed by atoms with Crippen molar-refractivity contribution in [2.24, 2.45) is 4.99 Å². The number of dihydropyridines is 1. The molecule has 1 aromatic carbocycles. The Hall–Kier alpha value is -3.74. The molecule has 0 radical (unpaired) electrons. The first kappa shape index (κ1) is 17.7. The number of nitrogens with zero attached hydrogens (tertiary/aromatic N) is 3. The minimum atomic E-state index is -0.290. The fourth-order valence-corrected chi connectivity index (χ4v) is 2.76. The number of ether oxygens (including phenoxy) is 1. The molecule has 0 aliphatic carbocycles. The second-order valence-corrected chi connectivity index (χ2v) is 6.37. The zero-order chi connectivity index (χ0) is 19.7. The number of hydrogen-bond acceptors (Lipinski definition) is 6. The molecular weight excluding hydrogens is 356 g/mol. The summed E-state index contributed by atoms with van der Waals surface area (Å²) in [6.07, 6.45) is 6.77. The van der Waals surface area contributed by atoms with E-state index < -0.39 is 0 Å². The van der Waals surface area contributed by atoms with Crippen LogP contribution in [0.3, 0.4) is 0 Å². The van der Waals surface area contributed by atoms with Crippen LogP contribution in [0.15, 0.2) is 70.4 Å². The average molecular weight is 374 g/mol. The number of carbonyl (C=O) groups excluding carboxylic acids is 1. The van der Waals surface area contributed by atoms with Crippen molar-refractivity contribution in [2.45, 2.75) is 13.0 Å². The summed E-state index contributed by atoms with van der Waals surface area (Å²) in [6.45, 7) is 5.91. The first-order chi connectivity index (χ1) is 13.5. The number of aliphatic imine (C=N–C) groups is 1. The number of pyridine rings is 1. The molecule has 0 bridgehead atoms. The van der Waals surface area contributed by atoms with Crippen LogP contribution in [-0.4, -0.2) is 34.7 Å². The molecule has 28 heavy (non-hydrogen) atoms. The molecule has 0 fully saturated rings. The Morgan fingerprint density at radius 2 is 2.11 bits per heavy atom. The molecule has 7 nitrogen and oxygen atoms in total. The zero-order valence-electron chi connectivity index (χ0n) is 15.5. The minimum Gasteiger partial charge on any atom is -0.495 e. The van der Waals surface area contributed by atoms with Crippen molar-refractivity contribution in [3.63, 3.8) is 0 Å². The van der Waals surface area contributed by atoms with Crippen LogP contribution in [0, 0.1) is 0 Å². The molecule has 3 aromatic rings. The lowest BCUT2D eigenvalue weighted by molar-refractivity contribution is 0.102. The van der Waals surface area contributed by atoms with E-state index in [-0.39, 0.29) is 11.9 Å². The third-order valence-electron chi connectivity index (χ3n) is 4.40. The van der Waals surface area contributed by atoms with Gasteiger partial charge in [0.05, 0.1) is 24.9 Å². The Morgan fingerprint density at radius 3 is 2.89 bits per heavy atom. The number of rotatable bonds is 4. The maximum absolute atomic E-state index is 12.5. The van der Waals surface area contributed by atoms with Gasteiger partial charge in [-0.1, -0.05) is 12.7 Å². The lowest BCUT2D eigenvalue weighted by Crippen LogP contribution is -2.12. The quantitative estimate of drug-likeness (QED) is 0.750. The molecule has 140 valence electrons. The Kier molecular flexibility index (Phi) is 4.49. The first-order valence-electron chi connectivity index (χ1n) is 8.69. The van der Waals surface area contributed by atoms with Crippen molar-refractivity contribution in [2.75, 3.05) is 12.4 Å². The van der Waals surface area contributed by atoms with Crippen LogP contribution in [0.5, 0.6) is 5.75 Å². The van der Waals surface area contributed by atoms with Crippen molar-refractivity contribution in [1.29, 1.82) is 0 Å². The van der Waals surface area contributed by atoms with E-state index in [1.165, 1.54) is 13.3 Å². The molecule has 0 spiro atoms. The number of fused-ring (bicyclic) bond motifs is 1. The average Bonchev–Trinajstić information content (AvgIpc) is 3.13. The Bertz CT molecular complexity index is 1140. The van der Waals surface area contributed by atoms with E-state index in [9.17, 15) is 4.79 Å². The van der Waals surface area contributed by atoms with Gasteiger partial charge in [0.2, 0.25) is 5.89 Å². The Balaban J connectivity index is 1.58. The molecule has 1 atom stereocenters. The van der Waals surface area contributed by atoms with Crippen LogP contribution in [0.25, 0.3) is 11.1 Å². The summed E-state index contributed by atoms with van der Waals surface area (Å²) in [5.41, 5.74) is 3.86. The number of nitrogens with one attached hydrogen (secondary N) is 1. The van der Waals surface area contributed by atoms with Gasteiger partial charge in [0.25, 0.3) is 5.91 Å². The molecular formula is C21H18N4O3. The SMILES string of the molecule is C=C1C=CC(c2nc3cc(NC(=O)c4cncc(OC)c4)ccc3o2)=NC1C. The van der Waals surface area contributed by atoms with Crippen LogP contribution >= 0.6 is 0 Å². The number of carbonyl (C=O) groups is 1. The summed E-state index contributed by atoms with van der Waals surface area (Å²) in [6, 6.07) is 6.88. The van der Waals surface area contributed by atoms with Gasteiger partial charge in [-0.25, -0.2) is 4.98 Å². The highest BCUT2D eigenvalue weighted by Crippen LogP contribution is 2.23. The van der Waals surface area contributed by atoms with Crippen molar-refractivity contribution < 1.29 is 13.9 Å². The monoisotopic (exact) mass is 374 g/mol. The molecule has 0 saturated heterocycles. The molecule has 3 heterocycles. The number of oxazole rings is 1. The van der Waals surface area contributed by atoms with Gasteiger partial charge in [-0.05, 0) is 42.8 Å². The molecule has 0 saturated carbocycles. The Morgan fingerprint density at radius 1 is 1.25 bits per heavy atom. The summed E-state index contributed by atoms with van der Waals surface area (Å²) in [5, 5.41) is 2.83. The standard InChI is InChI=1S/C21H18N4O3/c1-12-4-6-17(23-13(12)2)21-25-18-9-15(5-7-19(18)28-21)24-20(26)14-8-16(27-3)11-22-10-14/h4-11,13H,1H2,2-3H3,(H,24,26). The summed E-state index contributed by atoms with van der Waals surface area (Å²) < 4.78 is 10.9. The fourth-order valence-electron chi connectivity index (χ4n) is 2.76. The molecule has 2 aromatic heterocycles. The number of methoxy groups -OCH3 is 1. The predicted molar refractivity (Wildman–Crippen MR) is 107 cm³/mol. The summed E-state index contributed by atoms with van der Waals surface area (Å²) in [5.74, 6) is 0.662. The van der Waals surface area contributed by atoms with E-state index in [0.29, 0.717) is 39.7 Å². The van der Waals surface area contributed by atoms with Gasteiger partial charge in [0.1, 0.15) is 17.0 Å². The molecule has 1 aliphatic heterocycles. The second kappa shape index (κ2) is 7.11. The van der Waals surface area contributed by atoms with Crippen molar-refractivity contribution in [3.8, 4) is 5.75 Å². The number of amides is 1. The third kappa shape index (κ3) is 3.42. The number of allylic oxidation sites excluding steroid dienone is 1. The smallest absolute Gasteiger partial charge is 0.257 e. The second-order valence-electron chi connectivity index (χ2n) is 6.37. The molecule has 1 N–H and O–H groups in total. The number of benzene rings is 1. The fraction of sp³-hybridized carbons (Fsp3) is 0.143. The molecule has 4 rings (SSSR count). The van der Waals surface area contributed by atoms with Gasteiger partial charge in [0.15, 0.2) is 5.58 Å². The van der Waals surface area contributed by atoms with Gasteiger partial charge >= 0.3 is 0 Å². The van der Waals surface area contributed by atoms with E-state index >= 15 is 0 Å². The van der Waals surface area contributed by atoms with Gasteiger partial charge in [-0.2, -0.15) is 0 Å². The first-order valence-corrected chi connectivity index (χ1v) is 8.69. The van der Waals surface area contributed by atoms with E-state index in [0.717, 1.165) is 5.57 Å². The molecule has 1 aliphatic rings. The minimum absolute atomic E-state index is 0.0127. The van der Waals surface area contributed by atoms with Crippen LogP contribution in [0.2, 0.25) is 0 Å². The maximum atomic E-state index is 12.5. The number of anilines is 1. The van der Waals surface area contributed by atoms with Crippen molar-refractivity contribution in [3.05, 3.63) is 72.4 Å². The summed E-state index contributed by atoms with van der Waals surface area (Å²) >= 11 is 0. The maximum Gasteiger partial charge on any atom is 0.257 e. The molecule has 1 unspecified atom stereocenters. The van der Waals surface area contributed by atoms with Crippen LogP contribution in [0.4, 0.5) is 5.69 Å². The van der Waals surface area contributed by atoms with Gasteiger partial charge in [0, 0.05) is 11.9 Å². The van der Waals surface area contributed by atoms with Gasteiger partial charge in [-0.3, -0.25) is 14.8 Å². The molecule has 7 heteroatoms. The highest BCUT2D eigenvalue weighted by atomic mass is 16.5. The summed E-state index contributed by atoms with van der Waals surface area (Å²) in [4.78, 5) is 25.5. The van der Waals surface area contributed by atoms with Crippen LogP contribution in [0.1, 0.15) is 23.2 Å². The highest BCUT2D eigenvalue weighted by molar-refractivity contribution is 6.08. The lowest BCUT2D eigenvalue weighted by atomic mass is 10.1. The number of hydrogen-bond donors (Lipinski definition) is 1. The van der Waals surface area contributed by atoms with E-state index in [2.05, 4.69) is 26.9 Å². The lowest BCUT2D eigenvalue weighted by Gasteiger charge is -2.11. The van der Waals surface area contributed by atoms with E-state index in [1.807, 2.05) is 19.1 Å².